The van der Waals surface area contributed by atoms with Crippen LogP contribution in [0.3, 0.4) is 0 Å². The SMILES string of the molecule is CC1(C)CN(C(=O)c2sccc2-n2cnnn2)CCC1N.Cl. The molecule has 1 fully saturated rings. The van der Waals surface area contributed by atoms with Gasteiger partial charge in [-0.05, 0) is 33.7 Å². The van der Waals surface area contributed by atoms with Crippen LogP contribution in [-0.2, 0) is 0 Å². The third-order valence-corrected chi connectivity index (χ3v) is 4.93. The summed E-state index contributed by atoms with van der Waals surface area (Å²) >= 11 is 1.41. The highest BCUT2D eigenvalue weighted by Gasteiger charge is 2.36. The van der Waals surface area contributed by atoms with Gasteiger partial charge in [-0.2, -0.15) is 4.68 Å². The molecule has 1 aliphatic heterocycles. The summed E-state index contributed by atoms with van der Waals surface area (Å²) < 4.78 is 1.52. The van der Waals surface area contributed by atoms with Crippen LogP contribution in [0.5, 0.6) is 0 Å². The Bertz CT molecular complexity index is 641. The van der Waals surface area contributed by atoms with Crippen LogP contribution in [0.4, 0.5) is 0 Å². The number of likely N-dealkylation sites (tertiary alicyclic amines) is 1. The van der Waals surface area contributed by atoms with E-state index in [-0.39, 0.29) is 29.8 Å². The highest BCUT2D eigenvalue weighted by molar-refractivity contribution is 7.12. The molecule has 22 heavy (non-hydrogen) atoms. The average molecular weight is 343 g/mol. The molecule has 2 aromatic heterocycles. The molecule has 2 N–H and O–H groups in total. The molecule has 1 atom stereocenters. The molecule has 0 bridgehead atoms. The Hall–Kier alpha value is -1.51. The Kier molecular flexibility index (Phi) is 4.84. The van der Waals surface area contributed by atoms with Crippen LogP contribution in [-0.4, -0.2) is 50.1 Å². The van der Waals surface area contributed by atoms with Gasteiger partial charge in [0.05, 0.1) is 5.69 Å². The lowest BCUT2D eigenvalue weighted by molar-refractivity contribution is 0.0537. The number of carbonyl (C=O) groups excluding carboxylic acids is 1. The molecular weight excluding hydrogens is 324 g/mol. The van der Waals surface area contributed by atoms with E-state index in [1.807, 2.05) is 16.3 Å². The first kappa shape index (κ1) is 16.9. The molecule has 0 radical (unpaired) electrons. The summed E-state index contributed by atoms with van der Waals surface area (Å²) in [7, 11) is 0. The zero-order valence-electron chi connectivity index (χ0n) is 12.5. The zero-order chi connectivity index (χ0) is 15.0. The molecule has 120 valence electrons. The monoisotopic (exact) mass is 342 g/mol. The third kappa shape index (κ3) is 2.99. The number of piperidine rings is 1. The summed E-state index contributed by atoms with van der Waals surface area (Å²) in [5, 5.41) is 13.0. The maximum atomic E-state index is 12.8. The van der Waals surface area contributed by atoms with Crippen LogP contribution in [0.15, 0.2) is 17.8 Å². The highest BCUT2D eigenvalue weighted by Crippen LogP contribution is 2.30. The van der Waals surface area contributed by atoms with Gasteiger partial charge in [0, 0.05) is 19.1 Å². The Morgan fingerprint density at radius 2 is 2.27 bits per heavy atom. The van der Waals surface area contributed by atoms with Gasteiger partial charge in [-0.1, -0.05) is 13.8 Å². The molecule has 1 aliphatic rings. The van der Waals surface area contributed by atoms with Crippen molar-refractivity contribution >= 4 is 29.7 Å². The smallest absolute Gasteiger partial charge is 0.266 e. The second-order valence-electron chi connectivity index (χ2n) is 6.00. The van der Waals surface area contributed by atoms with Gasteiger partial charge in [0.25, 0.3) is 5.91 Å². The van der Waals surface area contributed by atoms with Crippen molar-refractivity contribution in [3.05, 3.63) is 22.7 Å². The van der Waals surface area contributed by atoms with Crippen molar-refractivity contribution in [2.45, 2.75) is 26.3 Å². The minimum atomic E-state index is -0.0693. The van der Waals surface area contributed by atoms with Crippen molar-refractivity contribution in [1.29, 1.82) is 0 Å². The molecule has 3 rings (SSSR count). The summed E-state index contributed by atoms with van der Waals surface area (Å²) in [6.45, 7) is 5.57. The van der Waals surface area contributed by atoms with Crippen molar-refractivity contribution < 1.29 is 4.79 Å². The third-order valence-electron chi connectivity index (χ3n) is 4.03. The van der Waals surface area contributed by atoms with Gasteiger partial charge in [-0.25, -0.2) is 0 Å². The van der Waals surface area contributed by atoms with E-state index < -0.39 is 0 Å². The van der Waals surface area contributed by atoms with Crippen LogP contribution < -0.4 is 5.73 Å². The van der Waals surface area contributed by atoms with Gasteiger partial charge < -0.3 is 10.6 Å². The first-order valence-corrected chi connectivity index (χ1v) is 7.73. The molecule has 1 saturated heterocycles. The lowest BCUT2D eigenvalue weighted by Gasteiger charge is -2.42. The summed E-state index contributed by atoms with van der Waals surface area (Å²) in [6, 6.07) is 1.98. The summed E-state index contributed by atoms with van der Waals surface area (Å²) in [4.78, 5) is 15.3. The van der Waals surface area contributed by atoms with E-state index in [2.05, 4.69) is 29.4 Å². The molecule has 2 aromatic rings. The van der Waals surface area contributed by atoms with Crippen LogP contribution in [0.1, 0.15) is 29.9 Å². The molecule has 0 spiro atoms. The van der Waals surface area contributed by atoms with E-state index in [9.17, 15) is 4.79 Å². The molecule has 9 heteroatoms. The zero-order valence-corrected chi connectivity index (χ0v) is 14.1. The van der Waals surface area contributed by atoms with Crippen LogP contribution in [0, 0.1) is 5.41 Å². The van der Waals surface area contributed by atoms with Crippen molar-refractivity contribution in [1.82, 2.24) is 25.1 Å². The maximum absolute atomic E-state index is 12.8. The number of halogens is 1. The largest absolute Gasteiger partial charge is 0.337 e. The standard InChI is InChI=1S/C13H18N6OS.ClH/c1-13(2)7-18(5-3-10(13)14)12(20)11-9(4-6-21-11)19-8-15-16-17-19;/h4,6,8,10H,3,5,7,14H2,1-2H3;1H. The molecule has 3 heterocycles. The summed E-state index contributed by atoms with van der Waals surface area (Å²) in [5.41, 5.74) is 6.79. The van der Waals surface area contributed by atoms with Gasteiger partial charge in [-0.15, -0.1) is 28.8 Å². The number of nitrogens with zero attached hydrogens (tertiary/aromatic N) is 5. The summed E-state index contributed by atoms with van der Waals surface area (Å²) in [5.74, 6) is 0.0236. The lowest BCUT2D eigenvalue weighted by Crippen LogP contribution is -2.53. The number of hydrogen-bond donors (Lipinski definition) is 1. The van der Waals surface area contributed by atoms with E-state index in [0.717, 1.165) is 12.1 Å². The number of amides is 1. The first-order valence-electron chi connectivity index (χ1n) is 6.85. The van der Waals surface area contributed by atoms with Crippen molar-refractivity contribution in [2.24, 2.45) is 11.1 Å². The van der Waals surface area contributed by atoms with E-state index >= 15 is 0 Å². The normalized spacial score (nSPS) is 20.5. The minimum Gasteiger partial charge on any atom is -0.337 e. The summed E-state index contributed by atoms with van der Waals surface area (Å²) in [6.07, 6.45) is 2.32. The molecule has 0 aliphatic carbocycles. The fraction of sp³-hybridized carbons (Fsp3) is 0.538. The van der Waals surface area contributed by atoms with Gasteiger partial charge >= 0.3 is 0 Å². The molecule has 0 saturated carbocycles. The predicted molar refractivity (Wildman–Crippen MR) is 86.6 cm³/mol. The maximum Gasteiger partial charge on any atom is 0.266 e. The molecule has 1 amide bonds. The van der Waals surface area contributed by atoms with Crippen LogP contribution >= 0.6 is 23.7 Å². The number of tetrazole rings is 1. The van der Waals surface area contributed by atoms with Gasteiger partial charge in [0.15, 0.2) is 0 Å². The molecule has 0 aromatic carbocycles. The van der Waals surface area contributed by atoms with E-state index in [0.29, 0.717) is 18.0 Å². The highest BCUT2D eigenvalue weighted by atomic mass is 35.5. The van der Waals surface area contributed by atoms with E-state index in [4.69, 9.17) is 5.73 Å². The number of rotatable bonds is 2. The van der Waals surface area contributed by atoms with Crippen molar-refractivity contribution in [2.75, 3.05) is 13.1 Å². The van der Waals surface area contributed by atoms with Crippen molar-refractivity contribution in [3.8, 4) is 5.69 Å². The van der Waals surface area contributed by atoms with Gasteiger partial charge in [0.2, 0.25) is 0 Å². The fourth-order valence-corrected chi connectivity index (χ4v) is 3.45. The number of thiophene rings is 1. The number of hydrogen-bond acceptors (Lipinski definition) is 6. The number of nitrogens with two attached hydrogens (primary N) is 1. The number of aromatic nitrogens is 4. The van der Waals surface area contributed by atoms with Gasteiger partial charge in [0.1, 0.15) is 11.2 Å². The molecular formula is C13H19ClN6OS. The second kappa shape index (κ2) is 6.31. The number of carbonyl (C=O) groups is 1. The first-order chi connectivity index (χ1) is 9.99. The van der Waals surface area contributed by atoms with Crippen LogP contribution in [0.2, 0.25) is 0 Å². The Labute approximate surface area is 138 Å². The average Bonchev–Trinajstić information content (AvgIpc) is 3.09. The van der Waals surface area contributed by atoms with Crippen LogP contribution in [0.25, 0.3) is 5.69 Å². The van der Waals surface area contributed by atoms with E-state index in [1.165, 1.54) is 22.3 Å². The molecule has 7 nitrogen and oxygen atoms in total. The topological polar surface area (TPSA) is 89.9 Å². The Morgan fingerprint density at radius 1 is 1.50 bits per heavy atom. The lowest BCUT2D eigenvalue weighted by atomic mass is 9.79. The van der Waals surface area contributed by atoms with Gasteiger partial charge in [-0.3, -0.25) is 4.79 Å². The second-order valence-corrected chi connectivity index (χ2v) is 6.92. The molecule has 1 unspecified atom stereocenters. The quantitative estimate of drug-likeness (QED) is 0.889. The van der Waals surface area contributed by atoms with Crippen molar-refractivity contribution in [3.63, 3.8) is 0 Å². The van der Waals surface area contributed by atoms with E-state index in [1.54, 1.807) is 0 Å². The Morgan fingerprint density at radius 3 is 2.91 bits per heavy atom. The Balaban J connectivity index is 0.00000176. The fourth-order valence-electron chi connectivity index (χ4n) is 2.61. The predicted octanol–water partition coefficient (Wildman–Crippen LogP) is 1.34. The minimum absolute atomic E-state index is 0.